The lowest BCUT2D eigenvalue weighted by Gasteiger charge is -2.24. The molecule has 0 fully saturated rings. The van der Waals surface area contributed by atoms with E-state index in [-0.39, 0.29) is 11.9 Å². The van der Waals surface area contributed by atoms with E-state index >= 15 is 0 Å². The first-order valence-corrected chi connectivity index (χ1v) is 6.52. The van der Waals surface area contributed by atoms with Crippen LogP contribution in [-0.4, -0.2) is 46.1 Å². The minimum Gasteiger partial charge on any atom is -0.396 e. The van der Waals surface area contributed by atoms with E-state index in [1.807, 2.05) is 6.92 Å². The van der Waals surface area contributed by atoms with Crippen LogP contribution in [0.25, 0.3) is 0 Å². The monoisotopic (exact) mass is 242 g/mol. The zero-order valence-corrected chi connectivity index (χ0v) is 10.7. The van der Waals surface area contributed by atoms with E-state index in [0.717, 1.165) is 12.2 Å². The van der Waals surface area contributed by atoms with Crippen LogP contribution in [0.3, 0.4) is 0 Å². The molecule has 0 aliphatic carbocycles. The van der Waals surface area contributed by atoms with E-state index in [1.165, 1.54) is 6.20 Å². The minimum atomic E-state index is -0.108. The maximum absolute atomic E-state index is 12.0. The third kappa shape index (κ3) is 2.91. The normalized spacial score (nSPS) is 12.4. The first kappa shape index (κ1) is 12.9. The number of carbonyl (C=O) groups is 1. The predicted octanol–water partition coefficient (Wildman–Crippen LogP) is 1.21. The molecule has 0 radical (unpaired) electrons. The summed E-state index contributed by atoms with van der Waals surface area (Å²) in [6.45, 7) is 2.03. The average Bonchev–Trinajstić information content (AvgIpc) is 2.70. The summed E-state index contributed by atoms with van der Waals surface area (Å²) >= 11 is 1.78. The Kier molecular flexibility index (Phi) is 4.67. The highest BCUT2D eigenvalue weighted by molar-refractivity contribution is 7.98. The van der Waals surface area contributed by atoms with E-state index in [1.54, 1.807) is 23.7 Å². The SMILES string of the molecule is CSCCC(C)N(C)C(=O)c1[nH]ncc1N. The van der Waals surface area contributed by atoms with Crippen molar-refractivity contribution >= 4 is 23.4 Å². The van der Waals surface area contributed by atoms with Gasteiger partial charge in [0.05, 0.1) is 11.9 Å². The molecule has 0 saturated carbocycles. The number of carbonyl (C=O) groups excluding carboxylic acids is 1. The van der Waals surface area contributed by atoms with E-state index in [0.29, 0.717) is 11.4 Å². The number of nitrogens with two attached hydrogens (primary N) is 1. The maximum Gasteiger partial charge on any atom is 0.273 e. The summed E-state index contributed by atoms with van der Waals surface area (Å²) in [5.41, 5.74) is 6.40. The Labute approximate surface area is 99.8 Å². The number of nitrogens with one attached hydrogen (secondary N) is 1. The Hall–Kier alpha value is -1.17. The van der Waals surface area contributed by atoms with Gasteiger partial charge in [0.2, 0.25) is 0 Å². The highest BCUT2D eigenvalue weighted by Crippen LogP contribution is 2.13. The number of H-pyrrole nitrogens is 1. The summed E-state index contributed by atoms with van der Waals surface area (Å²) in [7, 11) is 1.79. The molecule has 0 aromatic carbocycles. The molecule has 0 aliphatic heterocycles. The van der Waals surface area contributed by atoms with Crippen molar-refractivity contribution in [1.29, 1.82) is 0 Å². The first-order chi connectivity index (χ1) is 7.57. The van der Waals surface area contributed by atoms with Gasteiger partial charge in [0.15, 0.2) is 0 Å². The molecule has 3 N–H and O–H groups in total. The second kappa shape index (κ2) is 5.79. The number of amides is 1. The van der Waals surface area contributed by atoms with Gasteiger partial charge in [0.1, 0.15) is 5.69 Å². The predicted molar refractivity (Wildman–Crippen MR) is 67.6 cm³/mol. The number of thioether (sulfide) groups is 1. The molecule has 0 aliphatic rings. The van der Waals surface area contributed by atoms with Crippen LogP contribution in [0.1, 0.15) is 23.8 Å². The number of hydrogen-bond donors (Lipinski definition) is 2. The van der Waals surface area contributed by atoms with Crippen LogP contribution in [-0.2, 0) is 0 Å². The van der Waals surface area contributed by atoms with Gasteiger partial charge in [-0.05, 0) is 25.4 Å². The van der Waals surface area contributed by atoms with Crippen LogP contribution >= 0.6 is 11.8 Å². The number of nitrogens with zero attached hydrogens (tertiary/aromatic N) is 2. The number of rotatable bonds is 5. The van der Waals surface area contributed by atoms with E-state index in [4.69, 9.17) is 5.73 Å². The van der Waals surface area contributed by atoms with Crippen LogP contribution in [0.2, 0.25) is 0 Å². The Balaban J connectivity index is 2.64. The number of nitrogen functional groups attached to an aromatic ring is 1. The zero-order chi connectivity index (χ0) is 12.1. The van der Waals surface area contributed by atoms with Crippen LogP contribution in [0.15, 0.2) is 6.20 Å². The summed E-state index contributed by atoms with van der Waals surface area (Å²) in [4.78, 5) is 13.7. The lowest BCUT2D eigenvalue weighted by Crippen LogP contribution is -2.36. The van der Waals surface area contributed by atoms with Gasteiger partial charge >= 0.3 is 0 Å². The van der Waals surface area contributed by atoms with Gasteiger partial charge in [0, 0.05) is 13.1 Å². The number of anilines is 1. The molecular weight excluding hydrogens is 224 g/mol. The minimum absolute atomic E-state index is 0.108. The largest absolute Gasteiger partial charge is 0.396 e. The van der Waals surface area contributed by atoms with Gasteiger partial charge in [-0.2, -0.15) is 16.9 Å². The third-order valence-corrected chi connectivity index (χ3v) is 3.25. The van der Waals surface area contributed by atoms with Crippen LogP contribution in [0.4, 0.5) is 5.69 Å². The zero-order valence-electron chi connectivity index (χ0n) is 9.86. The smallest absolute Gasteiger partial charge is 0.273 e. The summed E-state index contributed by atoms with van der Waals surface area (Å²) < 4.78 is 0. The van der Waals surface area contributed by atoms with E-state index in [9.17, 15) is 4.79 Å². The molecule has 1 aromatic heterocycles. The Bertz CT molecular complexity index is 352. The third-order valence-electron chi connectivity index (χ3n) is 2.60. The molecule has 5 nitrogen and oxygen atoms in total. The van der Waals surface area contributed by atoms with Gasteiger partial charge in [-0.15, -0.1) is 0 Å². The van der Waals surface area contributed by atoms with Crippen molar-refractivity contribution in [3.8, 4) is 0 Å². The molecule has 0 saturated heterocycles. The van der Waals surface area contributed by atoms with E-state index < -0.39 is 0 Å². The van der Waals surface area contributed by atoms with Crippen molar-refractivity contribution in [2.45, 2.75) is 19.4 Å². The van der Waals surface area contributed by atoms with Crippen LogP contribution in [0.5, 0.6) is 0 Å². The molecular formula is C10H18N4OS. The summed E-state index contributed by atoms with van der Waals surface area (Å²) in [6.07, 6.45) is 4.48. The number of aromatic nitrogens is 2. The lowest BCUT2D eigenvalue weighted by molar-refractivity contribution is 0.0736. The summed E-state index contributed by atoms with van der Waals surface area (Å²) in [6, 6.07) is 0.197. The quantitative estimate of drug-likeness (QED) is 0.813. The molecule has 16 heavy (non-hydrogen) atoms. The maximum atomic E-state index is 12.0. The summed E-state index contributed by atoms with van der Waals surface area (Å²) in [5, 5.41) is 6.37. The van der Waals surface area contributed by atoms with Crippen LogP contribution in [0, 0.1) is 0 Å². The van der Waals surface area contributed by atoms with Crippen molar-refractivity contribution in [2.24, 2.45) is 0 Å². The molecule has 1 atom stereocenters. The van der Waals surface area contributed by atoms with Crippen molar-refractivity contribution in [3.05, 3.63) is 11.9 Å². The van der Waals surface area contributed by atoms with Gasteiger partial charge in [0.25, 0.3) is 5.91 Å². The van der Waals surface area contributed by atoms with Gasteiger partial charge in [-0.3, -0.25) is 9.89 Å². The van der Waals surface area contributed by atoms with Crippen molar-refractivity contribution in [1.82, 2.24) is 15.1 Å². The topological polar surface area (TPSA) is 75.0 Å². The van der Waals surface area contributed by atoms with Crippen molar-refractivity contribution < 1.29 is 4.79 Å². The fraction of sp³-hybridized carbons (Fsp3) is 0.600. The Morgan fingerprint density at radius 1 is 1.75 bits per heavy atom. The summed E-state index contributed by atoms with van der Waals surface area (Å²) in [5.74, 6) is 0.931. The van der Waals surface area contributed by atoms with Crippen LogP contribution < -0.4 is 5.73 Å². The van der Waals surface area contributed by atoms with Crippen molar-refractivity contribution in [2.75, 3.05) is 24.8 Å². The van der Waals surface area contributed by atoms with Gasteiger partial charge in [-0.1, -0.05) is 0 Å². The first-order valence-electron chi connectivity index (χ1n) is 5.12. The number of hydrogen-bond acceptors (Lipinski definition) is 4. The van der Waals surface area contributed by atoms with Gasteiger partial charge in [-0.25, -0.2) is 0 Å². The standard InChI is InChI=1S/C10H18N4OS/c1-7(4-5-16-3)14(2)10(15)9-8(11)6-12-13-9/h6-7H,4-5,11H2,1-3H3,(H,12,13). The second-order valence-corrected chi connectivity index (χ2v) is 4.73. The average molecular weight is 242 g/mol. The molecule has 6 heteroatoms. The Morgan fingerprint density at radius 2 is 2.44 bits per heavy atom. The number of aromatic amines is 1. The Morgan fingerprint density at radius 3 is 2.94 bits per heavy atom. The fourth-order valence-electron chi connectivity index (χ4n) is 1.33. The highest BCUT2D eigenvalue weighted by Gasteiger charge is 2.20. The molecule has 90 valence electrons. The second-order valence-electron chi connectivity index (χ2n) is 3.75. The molecule has 1 rings (SSSR count). The fourth-order valence-corrected chi connectivity index (χ4v) is 1.90. The highest BCUT2D eigenvalue weighted by atomic mass is 32.2. The molecule has 1 amide bonds. The van der Waals surface area contributed by atoms with Crippen molar-refractivity contribution in [3.63, 3.8) is 0 Å². The molecule has 0 bridgehead atoms. The van der Waals surface area contributed by atoms with Gasteiger partial charge < -0.3 is 10.6 Å². The molecule has 0 spiro atoms. The lowest BCUT2D eigenvalue weighted by atomic mass is 10.2. The molecule has 1 heterocycles. The van der Waals surface area contributed by atoms with E-state index in [2.05, 4.69) is 16.5 Å². The molecule has 1 unspecified atom stereocenters. The molecule has 1 aromatic rings.